The van der Waals surface area contributed by atoms with Crippen molar-refractivity contribution in [1.29, 1.82) is 0 Å². The summed E-state index contributed by atoms with van der Waals surface area (Å²) >= 11 is 0. The third-order valence-electron chi connectivity index (χ3n) is 3.84. The number of rotatable bonds is 6. The SMILES string of the molecule is CC(C)CN=C(N)NCC(c1ccc(F)cc1)N1CCOCC1. The molecule has 2 rings (SSSR count). The molecule has 128 valence electrons. The van der Waals surface area contributed by atoms with Gasteiger partial charge in [0.15, 0.2) is 5.96 Å². The Hall–Kier alpha value is -1.66. The minimum absolute atomic E-state index is 0.118. The van der Waals surface area contributed by atoms with Crippen LogP contribution in [-0.4, -0.2) is 50.3 Å². The van der Waals surface area contributed by atoms with Crippen molar-refractivity contribution >= 4 is 5.96 Å². The van der Waals surface area contributed by atoms with Crippen LogP contribution in [0.1, 0.15) is 25.5 Å². The van der Waals surface area contributed by atoms with Crippen molar-refractivity contribution in [3.63, 3.8) is 0 Å². The number of hydrogen-bond acceptors (Lipinski definition) is 3. The number of benzene rings is 1. The highest BCUT2D eigenvalue weighted by atomic mass is 19.1. The van der Waals surface area contributed by atoms with Crippen LogP contribution in [0.15, 0.2) is 29.3 Å². The summed E-state index contributed by atoms with van der Waals surface area (Å²) in [6, 6.07) is 6.78. The van der Waals surface area contributed by atoms with E-state index in [0.717, 1.165) is 18.7 Å². The number of guanidine groups is 1. The van der Waals surface area contributed by atoms with Crippen molar-refractivity contribution in [3.05, 3.63) is 35.6 Å². The lowest BCUT2D eigenvalue weighted by atomic mass is 10.0. The Morgan fingerprint density at radius 3 is 2.57 bits per heavy atom. The van der Waals surface area contributed by atoms with Crippen molar-refractivity contribution in [2.45, 2.75) is 19.9 Å². The number of nitrogens with one attached hydrogen (secondary N) is 1. The van der Waals surface area contributed by atoms with E-state index >= 15 is 0 Å². The molecule has 0 aromatic heterocycles. The molecule has 1 atom stereocenters. The summed E-state index contributed by atoms with van der Waals surface area (Å²) < 4.78 is 18.6. The van der Waals surface area contributed by atoms with E-state index in [1.54, 1.807) is 0 Å². The Morgan fingerprint density at radius 1 is 1.30 bits per heavy atom. The van der Waals surface area contributed by atoms with Gasteiger partial charge >= 0.3 is 0 Å². The molecule has 0 saturated carbocycles. The highest BCUT2D eigenvalue weighted by Gasteiger charge is 2.22. The number of aliphatic imine (C=N–C) groups is 1. The first-order chi connectivity index (χ1) is 11.1. The number of nitrogens with zero attached hydrogens (tertiary/aromatic N) is 2. The number of halogens is 1. The van der Waals surface area contributed by atoms with Crippen LogP contribution in [0.4, 0.5) is 4.39 Å². The first-order valence-electron chi connectivity index (χ1n) is 8.17. The average Bonchev–Trinajstić information content (AvgIpc) is 2.55. The molecule has 1 unspecified atom stereocenters. The highest BCUT2D eigenvalue weighted by Crippen LogP contribution is 2.21. The Bertz CT molecular complexity index is 498. The van der Waals surface area contributed by atoms with Crippen molar-refractivity contribution in [2.24, 2.45) is 16.6 Å². The molecule has 1 aliphatic rings. The zero-order chi connectivity index (χ0) is 16.7. The van der Waals surface area contributed by atoms with Gasteiger partial charge in [0.25, 0.3) is 0 Å². The monoisotopic (exact) mass is 322 g/mol. The van der Waals surface area contributed by atoms with Gasteiger partial charge in [0.1, 0.15) is 5.82 Å². The summed E-state index contributed by atoms with van der Waals surface area (Å²) in [5, 5.41) is 3.20. The first-order valence-corrected chi connectivity index (χ1v) is 8.17. The molecular formula is C17H27FN4O. The van der Waals surface area contributed by atoms with Gasteiger partial charge in [0.05, 0.1) is 19.3 Å². The van der Waals surface area contributed by atoms with E-state index in [9.17, 15) is 4.39 Å². The molecule has 1 saturated heterocycles. The third-order valence-corrected chi connectivity index (χ3v) is 3.84. The summed E-state index contributed by atoms with van der Waals surface area (Å²) in [4.78, 5) is 6.66. The lowest BCUT2D eigenvalue weighted by Crippen LogP contribution is -2.45. The second-order valence-electron chi connectivity index (χ2n) is 6.22. The van der Waals surface area contributed by atoms with Crippen LogP contribution < -0.4 is 11.1 Å². The third kappa shape index (κ3) is 5.80. The Kier molecular flexibility index (Phi) is 6.80. The van der Waals surface area contributed by atoms with Crippen LogP contribution >= 0.6 is 0 Å². The molecule has 0 amide bonds. The average molecular weight is 322 g/mol. The van der Waals surface area contributed by atoms with Gasteiger partial charge in [0, 0.05) is 26.2 Å². The van der Waals surface area contributed by atoms with Crippen LogP contribution in [-0.2, 0) is 4.74 Å². The van der Waals surface area contributed by atoms with E-state index < -0.39 is 0 Å². The molecule has 0 radical (unpaired) electrons. The maximum atomic E-state index is 13.2. The van der Waals surface area contributed by atoms with E-state index in [-0.39, 0.29) is 11.9 Å². The number of morpholine rings is 1. The van der Waals surface area contributed by atoms with E-state index in [1.165, 1.54) is 12.1 Å². The van der Waals surface area contributed by atoms with Gasteiger partial charge in [0.2, 0.25) is 0 Å². The summed E-state index contributed by atoms with van der Waals surface area (Å²) in [6.07, 6.45) is 0. The molecule has 0 bridgehead atoms. The Labute approximate surface area is 137 Å². The normalized spacial score (nSPS) is 18.2. The molecule has 5 nitrogen and oxygen atoms in total. The zero-order valence-electron chi connectivity index (χ0n) is 14.0. The minimum atomic E-state index is -0.222. The van der Waals surface area contributed by atoms with E-state index in [4.69, 9.17) is 10.5 Å². The number of hydrogen-bond donors (Lipinski definition) is 2. The molecule has 1 aromatic rings. The van der Waals surface area contributed by atoms with Crippen molar-refractivity contribution < 1.29 is 9.13 Å². The van der Waals surface area contributed by atoms with Crippen molar-refractivity contribution in [1.82, 2.24) is 10.2 Å². The minimum Gasteiger partial charge on any atom is -0.379 e. The van der Waals surface area contributed by atoms with Crippen molar-refractivity contribution in [3.8, 4) is 0 Å². The summed E-state index contributed by atoms with van der Waals surface area (Å²) in [5.74, 6) is 0.710. The quantitative estimate of drug-likeness (QED) is 0.619. The van der Waals surface area contributed by atoms with E-state index in [1.807, 2.05) is 12.1 Å². The fourth-order valence-electron chi connectivity index (χ4n) is 2.57. The van der Waals surface area contributed by atoms with Gasteiger partial charge in [-0.3, -0.25) is 9.89 Å². The molecule has 3 N–H and O–H groups in total. The Morgan fingerprint density at radius 2 is 1.96 bits per heavy atom. The topological polar surface area (TPSA) is 62.9 Å². The fourth-order valence-corrected chi connectivity index (χ4v) is 2.57. The molecule has 0 spiro atoms. The smallest absolute Gasteiger partial charge is 0.188 e. The van der Waals surface area contributed by atoms with Gasteiger partial charge in [-0.05, 0) is 23.6 Å². The van der Waals surface area contributed by atoms with Crippen molar-refractivity contribution in [2.75, 3.05) is 39.4 Å². The number of nitrogens with two attached hydrogens (primary N) is 1. The summed E-state index contributed by atoms with van der Waals surface area (Å²) in [5.41, 5.74) is 7.00. The Balaban J connectivity index is 2.04. The van der Waals surface area contributed by atoms with Crippen LogP contribution in [0.3, 0.4) is 0 Å². The standard InChI is InChI=1S/C17H27FN4O/c1-13(2)11-20-17(19)21-12-16(22-7-9-23-10-8-22)14-3-5-15(18)6-4-14/h3-6,13,16H,7-12H2,1-2H3,(H3,19,20,21). The predicted octanol–water partition coefficient (Wildman–Crippen LogP) is 1.76. The van der Waals surface area contributed by atoms with Gasteiger partial charge in [-0.2, -0.15) is 0 Å². The predicted molar refractivity (Wildman–Crippen MR) is 90.9 cm³/mol. The molecule has 1 fully saturated rings. The molecule has 23 heavy (non-hydrogen) atoms. The maximum absolute atomic E-state index is 13.2. The van der Waals surface area contributed by atoms with Crippen LogP contribution in [0, 0.1) is 11.7 Å². The zero-order valence-corrected chi connectivity index (χ0v) is 14.0. The second kappa shape index (κ2) is 8.84. The first kappa shape index (κ1) is 17.7. The lowest BCUT2D eigenvalue weighted by Gasteiger charge is -2.35. The van der Waals surface area contributed by atoms with Crippen LogP contribution in [0.2, 0.25) is 0 Å². The largest absolute Gasteiger partial charge is 0.379 e. The van der Waals surface area contributed by atoms with Gasteiger partial charge < -0.3 is 15.8 Å². The van der Waals surface area contributed by atoms with Gasteiger partial charge in [-0.15, -0.1) is 0 Å². The maximum Gasteiger partial charge on any atom is 0.188 e. The van der Waals surface area contributed by atoms with Crippen LogP contribution in [0.5, 0.6) is 0 Å². The molecule has 1 aliphatic heterocycles. The van der Waals surface area contributed by atoms with Crippen LogP contribution in [0.25, 0.3) is 0 Å². The van der Waals surface area contributed by atoms with Gasteiger partial charge in [-0.25, -0.2) is 4.39 Å². The lowest BCUT2D eigenvalue weighted by molar-refractivity contribution is 0.0170. The highest BCUT2D eigenvalue weighted by molar-refractivity contribution is 5.77. The molecule has 1 aromatic carbocycles. The van der Waals surface area contributed by atoms with Gasteiger partial charge in [-0.1, -0.05) is 26.0 Å². The summed E-state index contributed by atoms with van der Waals surface area (Å²) in [6.45, 7) is 8.69. The summed E-state index contributed by atoms with van der Waals surface area (Å²) in [7, 11) is 0. The second-order valence-corrected chi connectivity index (χ2v) is 6.22. The molecule has 0 aliphatic carbocycles. The van der Waals surface area contributed by atoms with E-state index in [0.29, 0.717) is 38.2 Å². The molecular weight excluding hydrogens is 295 g/mol. The molecule has 1 heterocycles. The molecule has 6 heteroatoms. The number of ether oxygens (including phenoxy) is 1. The fraction of sp³-hybridized carbons (Fsp3) is 0.588. The van der Waals surface area contributed by atoms with E-state index in [2.05, 4.69) is 29.1 Å².